The smallest absolute Gasteiger partial charge is 0.418 e. The average molecular weight is 346 g/mol. The van der Waals surface area contributed by atoms with Gasteiger partial charge in [0.1, 0.15) is 0 Å². The predicted molar refractivity (Wildman–Crippen MR) is 92.3 cm³/mol. The highest BCUT2D eigenvalue weighted by atomic mass is 19.5. The lowest BCUT2D eigenvalue weighted by molar-refractivity contribution is -0.595. The van der Waals surface area contributed by atoms with Crippen LogP contribution < -0.4 is 4.57 Å². The lowest BCUT2D eigenvalue weighted by Crippen LogP contribution is -2.29. The number of pyridine rings is 1. The van der Waals surface area contributed by atoms with E-state index in [9.17, 15) is 17.3 Å². The third-order valence-corrected chi connectivity index (χ3v) is 3.78. The van der Waals surface area contributed by atoms with E-state index >= 15 is 0 Å². The van der Waals surface area contributed by atoms with Crippen molar-refractivity contribution in [3.63, 3.8) is 0 Å². The third kappa shape index (κ3) is 4.18. The molecule has 0 atom stereocenters. The molecule has 0 spiro atoms. The molecular weight excluding hydrogens is 331 g/mol. The van der Waals surface area contributed by atoms with Gasteiger partial charge in [-0.1, -0.05) is 18.2 Å². The zero-order valence-corrected chi connectivity index (χ0v) is 13.4. The Morgan fingerprint density at radius 1 is 0.800 bits per heavy atom. The number of aryl methyl sites for hydroxylation is 1. The van der Waals surface area contributed by atoms with Crippen molar-refractivity contribution in [1.82, 2.24) is 4.98 Å². The van der Waals surface area contributed by atoms with Crippen LogP contribution >= 0.6 is 0 Å². The summed E-state index contributed by atoms with van der Waals surface area (Å²) in [5.41, 5.74) is 4.83. The summed E-state index contributed by atoms with van der Waals surface area (Å²) in [7, 11) is -6.00. The number of H-pyrrole nitrogens is 1. The summed E-state index contributed by atoms with van der Waals surface area (Å²) in [4.78, 5) is 3.46. The van der Waals surface area contributed by atoms with Gasteiger partial charge in [0.25, 0.3) is 0 Å². The van der Waals surface area contributed by atoms with Crippen LogP contribution in [0.1, 0.15) is 5.56 Å². The predicted octanol–water partition coefficient (Wildman–Crippen LogP) is 5.21. The Morgan fingerprint density at radius 2 is 1.40 bits per heavy atom. The first-order valence-corrected chi connectivity index (χ1v) is 7.67. The molecule has 2 nitrogen and oxygen atoms in total. The van der Waals surface area contributed by atoms with E-state index in [0.717, 1.165) is 0 Å². The lowest BCUT2D eigenvalue weighted by atomic mass is 10.1. The zero-order chi connectivity index (χ0) is 18.0. The van der Waals surface area contributed by atoms with Crippen LogP contribution in [-0.4, -0.2) is 12.2 Å². The van der Waals surface area contributed by atoms with E-state index in [0.29, 0.717) is 0 Å². The Hall–Kier alpha value is -2.83. The van der Waals surface area contributed by atoms with Crippen LogP contribution in [0.25, 0.3) is 27.5 Å². The summed E-state index contributed by atoms with van der Waals surface area (Å²) < 4.78 is 41.1. The minimum atomic E-state index is -6.00. The minimum Gasteiger partial charge on any atom is -0.418 e. The fraction of sp³-hybridized carbons (Fsp3) is 0.0556. The van der Waals surface area contributed by atoms with Gasteiger partial charge in [0.2, 0.25) is 5.69 Å². The fourth-order valence-electron chi connectivity index (χ4n) is 2.67. The number of nitrogens with one attached hydrogen (secondary N) is 1. The molecule has 0 amide bonds. The van der Waals surface area contributed by atoms with Crippen LogP contribution in [0.15, 0.2) is 67.0 Å². The van der Waals surface area contributed by atoms with E-state index < -0.39 is 7.25 Å². The number of halogens is 4. The first-order valence-electron chi connectivity index (χ1n) is 7.67. The van der Waals surface area contributed by atoms with E-state index in [1.165, 1.54) is 33.1 Å². The molecule has 0 aliphatic carbocycles. The zero-order valence-electron chi connectivity index (χ0n) is 13.4. The molecule has 0 radical (unpaired) electrons. The molecular formula is C18H15BF4N2. The number of aromatic nitrogens is 2. The van der Waals surface area contributed by atoms with Gasteiger partial charge in [0, 0.05) is 46.1 Å². The summed E-state index contributed by atoms with van der Waals surface area (Å²) in [6, 6.07) is 19.2. The number of hydrogen-bond donors (Lipinski definition) is 1. The molecule has 25 heavy (non-hydrogen) atoms. The molecule has 0 unspecified atom stereocenters. The molecule has 0 aliphatic heterocycles. The number of para-hydroxylation sites is 1. The van der Waals surface area contributed by atoms with Crippen molar-refractivity contribution in [2.45, 2.75) is 6.92 Å². The number of aromatic amines is 1. The second-order valence-electron chi connectivity index (χ2n) is 5.68. The first kappa shape index (κ1) is 17.0. The van der Waals surface area contributed by atoms with E-state index in [2.05, 4.69) is 83.5 Å². The summed E-state index contributed by atoms with van der Waals surface area (Å²) >= 11 is 0. The van der Waals surface area contributed by atoms with Crippen LogP contribution in [0.5, 0.6) is 0 Å². The van der Waals surface area contributed by atoms with Crippen LogP contribution in [0.2, 0.25) is 0 Å². The molecule has 7 heteroatoms. The molecule has 0 fully saturated rings. The minimum absolute atomic E-state index is 1.18. The fourth-order valence-corrected chi connectivity index (χ4v) is 2.67. The van der Waals surface area contributed by atoms with E-state index in [1.54, 1.807) is 0 Å². The average Bonchev–Trinajstić information content (AvgIpc) is 2.92. The van der Waals surface area contributed by atoms with Crippen LogP contribution in [0.4, 0.5) is 17.3 Å². The normalized spacial score (nSPS) is 11.4. The summed E-state index contributed by atoms with van der Waals surface area (Å²) in [5, 5.41) is 2.54. The van der Waals surface area contributed by atoms with Gasteiger partial charge in [0.05, 0.1) is 0 Å². The maximum Gasteiger partial charge on any atom is 0.673 e. The highest BCUT2D eigenvalue weighted by molar-refractivity contribution is 6.50. The van der Waals surface area contributed by atoms with Gasteiger partial charge in [-0.15, -0.1) is 0 Å². The molecule has 0 saturated heterocycles. The summed E-state index contributed by atoms with van der Waals surface area (Å²) in [6.45, 7) is 2.10. The number of hydrogen-bond acceptors (Lipinski definition) is 0. The van der Waals surface area contributed by atoms with Gasteiger partial charge in [0.15, 0.2) is 12.4 Å². The van der Waals surface area contributed by atoms with Crippen molar-refractivity contribution in [2.24, 2.45) is 0 Å². The van der Waals surface area contributed by atoms with E-state index in [-0.39, 0.29) is 0 Å². The Balaban J connectivity index is 0.000000324. The third-order valence-electron chi connectivity index (χ3n) is 3.78. The monoisotopic (exact) mass is 346 g/mol. The van der Waals surface area contributed by atoms with Crippen molar-refractivity contribution in [2.75, 3.05) is 0 Å². The molecule has 0 saturated carbocycles. The van der Waals surface area contributed by atoms with Gasteiger partial charge in [-0.2, -0.15) is 4.57 Å². The molecule has 0 aliphatic rings. The molecule has 4 aromatic rings. The number of fused-ring (bicyclic) bond motifs is 3. The maximum absolute atomic E-state index is 9.75. The van der Waals surface area contributed by atoms with Gasteiger partial charge < -0.3 is 22.2 Å². The largest absolute Gasteiger partial charge is 0.673 e. The van der Waals surface area contributed by atoms with Gasteiger partial charge in [-0.05, 0) is 24.6 Å². The Bertz CT molecular complexity index is 1000. The van der Waals surface area contributed by atoms with Crippen molar-refractivity contribution < 1.29 is 21.8 Å². The molecule has 0 bridgehead atoms. The van der Waals surface area contributed by atoms with E-state index in [1.807, 2.05) is 0 Å². The summed E-state index contributed by atoms with van der Waals surface area (Å²) in [6.07, 6.45) is 4.21. The maximum atomic E-state index is 9.75. The number of benzene rings is 2. The SMILES string of the molecule is Cc1cc[n+](-c2ccc3[nH]c4ccccc4c3c2)cc1.F[B-](F)(F)F. The van der Waals surface area contributed by atoms with Crippen LogP contribution in [0.3, 0.4) is 0 Å². The lowest BCUT2D eigenvalue weighted by Gasteiger charge is -1.97. The van der Waals surface area contributed by atoms with Crippen molar-refractivity contribution in [3.8, 4) is 5.69 Å². The molecule has 2 aromatic carbocycles. The molecule has 2 heterocycles. The highest BCUT2D eigenvalue weighted by Crippen LogP contribution is 2.25. The molecule has 128 valence electrons. The number of rotatable bonds is 1. The van der Waals surface area contributed by atoms with Crippen LogP contribution in [0, 0.1) is 6.92 Å². The van der Waals surface area contributed by atoms with E-state index in [4.69, 9.17) is 0 Å². The standard InChI is InChI=1S/C18H15N2.BF4/c1-13-8-10-20(11-9-13)14-6-7-18-16(12-14)15-4-2-3-5-17(15)19-18;2-1(3,4)5/h2-12,19H,1H3;/q+1;-1. The second kappa shape index (κ2) is 6.59. The van der Waals surface area contributed by atoms with Crippen molar-refractivity contribution >= 4 is 29.1 Å². The quantitative estimate of drug-likeness (QED) is 0.277. The summed E-state index contributed by atoms with van der Waals surface area (Å²) in [5.74, 6) is 0. The number of nitrogens with zero attached hydrogens (tertiary/aromatic N) is 1. The second-order valence-corrected chi connectivity index (χ2v) is 5.68. The van der Waals surface area contributed by atoms with Gasteiger partial charge >= 0.3 is 7.25 Å². The van der Waals surface area contributed by atoms with Crippen molar-refractivity contribution in [3.05, 3.63) is 72.6 Å². The topological polar surface area (TPSA) is 19.7 Å². The Morgan fingerprint density at radius 3 is 2.08 bits per heavy atom. The molecule has 1 N–H and O–H groups in total. The highest BCUT2D eigenvalue weighted by Gasteiger charge is 2.20. The molecule has 4 rings (SSSR count). The first-order chi connectivity index (χ1) is 11.8. The van der Waals surface area contributed by atoms with Gasteiger partial charge in [-0.25, -0.2) is 0 Å². The van der Waals surface area contributed by atoms with Crippen molar-refractivity contribution in [1.29, 1.82) is 0 Å². The molecule has 2 aromatic heterocycles. The Kier molecular flexibility index (Phi) is 4.48. The van der Waals surface area contributed by atoms with Crippen LogP contribution in [-0.2, 0) is 0 Å². The van der Waals surface area contributed by atoms with Gasteiger partial charge in [-0.3, -0.25) is 0 Å². The Labute approximate surface area is 141 Å².